The topological polar surface area (TPSA) is 89.3 Å². The fourth-order valence-electron chi connectivity index (χ4n) is 1.73. The Morgan fingerprint density at radius 2 is 1.94 bits per heavy atom. The first-order chi connectivity index (χ1) is 7.80. The van der Waals surface area contributed by atoms with Gasteiger partial charge >= 0.3 is 0 Å². The monoisotopic (exact) mass is 264 g/mol. The minimum Gasteiger partial charge on any atom is -0.330 e. The van der Waals surface area contributed by atoms with Gasteiger partial charge in [0.15, 0.2) is 0 Å². The molecule has 0 saturated carbocycles. The first-order valence-corrected chi connectivity index (χ1v) is 7.69. The summed E-state index contributed by atoms with van der Waals surface area (Å²) >= 11 is 0. The Kier molecular flexibility index (Phi) is 7.38. The highest BCUT2D eigenvalue weighted by Crippen LogP contribution is 2.14. The van der Waals surface area contributed by atoms with Gasteiger partial charge in [-0.05, 0) is 31.2 Å². The van der Waals surface area contributed by atoms with Gasteiger partial charge in [-0.25, -0.2) is 8.42 Å². The maximum absolute atomic E-state index is 11.5. The molecule has 3 N–H and O–H groups in total. The summed E-state index contributed by atoms with van der Waals surface area (Å²) in [4.78, 5) is 11.5. The van der Waals surface area contributed by atoms with Crippen molar-refractivity contribution in [2.75, 3.05) is 12.3 Å². The lowest BCUT2D eigenvalue weighted by molar-refractivity contribution is -0.120. The molecule has 6 heteroatoms. The smallest absolute Gasteiger partial charge is 0.234 e. The van der Waals surface area contributed by atoms with E-state index in [0.29, 0.717) is 18.9 Å². The molecule has 0 radical (unpaired) electrons. The highest BCUT2D eigenvalue weighted by molar-refractivity contribution is 7.90. The summed E-state index contributed by atoms with van der Waals surface area (Å²) in [5, 5.41) is 0. The van der Waals surface area contributed by atoms with Crippen molar-refractivity contribution in [1.82, 2.24) is 4.72 Å². The van der Waals surface area contributed by atoms with Crippen molar-refractivity contribution in [1.29, 1.82) is 0 Å². The van der Waals surface area contributed by atoms with Crippen molar-refractivity contribution >= 4 is 15.9 Å². The van der Waals surface area contributed by atoms with Crippen LogP contribution in [-0.2, 0) is 14.8 Å². The molecule has 1 amide bonds. The van der Waals surface area contributed by atoms with Crippen molar-refractivity contribution in [3.63, 3.8) is 0 Å². The molecule has 102 valence electrons. The number of carbonyl (C=O) groups is 1. The van der Waals surface area contributed by atoms with Crippen LogP contribution in [0.15, 0.2) is 0 Å². The molecular weight excluding hydrogens is 240 g/mol. The van der Waals surface area contributed by atoms with E-state index in [9.17, 15) is 13.2 Å². The molecule has 5 nitrogen and oxygen atoms in total. The molecule has 0 saturated heterocycles. The Hall–Kier alpha value is -0.620. The maximum Gasteiger partial charge on any atom is 0.234 e. The molecule has 0 aromatic heterocycles. The number of sulfonamides is 1. The van der Waals surface area contributed by atoms with Gasteiger partial charge in [0.2, 0.25) is 15.9 Å². The van der Waals surface area contributed by atoms with Crippen LogP contribution in [0.2, 0.25) is 0 Å². The number of amides is 1. The first-order valence-electron chi connectivity index (χ1n) is 6.04. The standard InChI is InChI=1S/C11H24N2O3S/c1-4-5-17(15,16)13-11(14)7-10(8-12)6-9(2)3/h9-10H,4-8,12H2,1-3H3,(H,13,14)/t10-/m0/s1. The fourth-order valence-corrected chi connectivity index (χ4v) is 2.80. The van der Waals surface area contributed by atoms with E-state index in [1.807, 2.05) is 13.8 Å². The van der Waals surface area contributed by atoms with E-state index in [0.717, 1.165) is 6.42 Å². The van der Waals surface area contributed by atoms with Gasteiger partial charge in [-0.1, -0.05) is 20.8 Å². The second-order valence-corrected chi connectivity index (χ2v) is 6.62. The van der Waals surface area contributed by atoms with Crippen LogP contribution < -0.4 is 10.5 Å². The van der Waals surface area contributed by atoms with E-state index in [-0.39, 0.29) is 18.1 Å². The number of carbonyl (C=O) groups excluding carboxylic acids is 1. The summed E-state index contributed by atoms with van der Waals surface area (Å²) < 4.78 is 24.8. The van der Waals surface area contributed by atoms with Gasteiger partial charge in [-0.2, -0.15) is 0 Å². The molecule has 0 spiro atoms. The Morgan fingerprint density at radius 1 is 1.35 bits per heavy atom. The summed E-state index contributed by atoms with van der Waals surface area (Å²) in [6.07, 6.45) is 1.50. The van der Waals surface area contributed by atoms with Gasteiger partial charge in [0, 0.05) is 6.42 Å². The lowest BCUT2D eigenvalue weighted by Gasteiger charge is -2.16. The Balaban J connectivity index is 4.24. The van der Waals surface area contributed by atoms with Crippen LogP contribution in [0, 0.1) is 11.8 Å². The second-order valence-electron chi connectivity index (χ2n) is 4.78. The van der Waals surface area contributed by atoms with Crippen molar-refractivity contribution in [2.24, 2.45) is 17.6 Å². The van der Waals surface area contributed by atoms with Crippen molar-refractivity contribution in [3.05, 3.63) is 0 Å². The number of hydrogen-bond donors (Lipinski definition) is 2. The molecule has 0 heterocycles. The predicted octanol–water partition coefficient (Wildman–Crippen LogP) is 0.854. The third-order valence-electron chi connectivity index (χ3n) is 2.35. The van der Waals surface area contributed by atoms with Gasteiger partial charge in [-0.3, -0.25) is 9.52 Å². The fraction of sp³-hybridized carbons (Fsp3) is 0.909. The van der Waals surface area contributed by atoms with Crippen LogP contribution in [-0.4, -0.2) is 26.6 Å². The SMILES string of the molecule is CCCS(=O)(=O)NC(=O)C[C@@H](CN)CC(C)C. The zero-order valence-electron chi connectivity index (χ0n) is 10.9. The lowest BCUT2D eigenvalue weighted by atomic mass is 9.94. The minimum absolute atomic E-state index is 0.0176. The Labute approximate surface area is 104 Å². The van der Waals surface area contributed by atoms with Crippen LogP contribution in [0.5, 0.6) is 0 Å². The van der Waals surface area contributed by atoms with Crippen LogP contribution in [0.4, 0.5) is 0 Å². The number of hydrogen-bond acceptors (Lipinski definition) is 4. The van der Waals surface area contributed by atoms with Gasteiger partial charge in [0.05, 0.1) is 5.75 Å². The lowest BCUT2D eigenvalue weighted by Crippen LogP contribution is -2.34. The first kappa shape index (κ1) is 16.4. The van der Waals surface area contributed by atoms with Crippen LogP contribution >= 0.6 is 0 Å². The number of nitrogens with one attached hydrogen (secondary N) is 1. The highest BCUT2D eigenvalue weighted by atomic mass is 32.2. The van der Waals surface area contributed by atoms with E-state index in [4.69, 9.17) is 5.73 Å². The van der Waals surface area contributed by atoms with E-state index < -0.39 is 15.9 Å². The van der Waals surface area contributed by atoms with E-state index in [1.54, 1.807) is 6.92 Å². The van der Waals surface area contributed by atoms with E-state index >= 15 is 0 Å². The second kappa shape index (κ2) is 7.66. The van der Waals surface area contributed by atoms with Gasteiger partial charge in [0.25, 0.3) is 0 Å². The largest absolute Gasteiger partial charge is 0.330 e. The molecule has 1 atom stereocenters. The van der Waals surface area contributed by atoms with Gasteiger partial charge in [0.1, 0.15) is 0 Å². The number of nitrogens with two attached hydrogens (primary N) is 1. The van der Waals surface area contributed by atoms with Crippen molar-refractivity contribution < 1.29 is 13.2 Å². The highest BCUT2D eigenvalue weighted by Gasteiger charge is 2.18. The average molecular weight is 264 g/mol. The Morgan fingerprint density at radius 3 is 2.35 bits per heavy atom. The molecule has 17 heavy (non-hydrogen) atoms. The third-order valence-corrected chi connectivity index (χ3v) is 3.84. The predicted molar refractivity (Wildman–Crippen MR) is 68.8 cm³/mol. The Bertz CT molecular complexity index is 326. The van der Waals surface area contributed by atoms with Crippen molar-refractivity contribution in [2.45, 2.75) is 40.0 Å². The zero-order valence-corrected chi connectivity index (χ0v) is 11.7. The molecule has 0 aliphatic carbocycles. The summed E-state index contributed by atoms with van der Waals surface area (Å²) in [5.41, 5.74) is 5.56. The van der Waals surface area contributed by atoms with E-state index in [2.05, 4.69) is 4.72 Å². The maximum atomic E-state index is 11.5. The van der Waals surface area contributed by atoms with Crippen LogP contribution in [0.1, 0.15) is 40.0 Å². The molecule has 0 unspecified atom stereocenters. The van der Waals surface area contributed by atoms with E-state index in [1.165, 1.54) is 0 Å². The average Bonchev–Trinajstić information content (AvgIpc) is 2.14. The molecule has 0 fully saturated rings. The summed E-state index contributed by atoms with van der Waals surface area (Å²) in [6.45, 7) is 6.26. The summed E-state index contributed by atoms with van der Waals surface area (Å²) in [7, 11) is -3.45. The van der Waals surface area contributed by atoms with Crippen LogP contribution in [0.25, 0.3) is 0 Å². The molecular formula is C11H24N2O3S. The molecule has 0 rings (SSSR count). The molecule has 0 aromatic rings. The van der Waals surface area contributed by atoms with Crippen LogP contribution in [0.3, 0.4) is 0 Å². The quantitative estimate of drug-likeness (QED) is 0.680. The minimum atomic E-state index is -3.45. The third kappa shape index (κ3) is 8.15. The molecule has 0 aliphatic heterocycles. The molecule has 0 bridgehead atoms. The van der Waals surface area contributed by atoms with Crippen molar-refractivity contribution in [3.8, 4) is 0 Å². The summed E-state index contributed by atoms with van der Waals surface area (Å²) in [6, 6.07) is 0. The zero-order chi connectivity index (χ0) is 13.5. The molecule has 0 aromatic carbocycles. The molecule has 0 aliphatic rings. The van der Waals surface area contributed by atoms with Gasteiger partial charge in [-0.15, -0.1) is 0 Å². The van der Waals surface area contributed by atoms with Gasteiger partial charge < -0.3 is 5.73 Å². The number of rotatable bonds is 8. The normalized spacial score (nSPS) is 13.7. The summed E-state index contributed by atoms with van der Waals surface area (Å²) in [5.74, 6) is 0.0286.